The fraction of sp³-hybridized carbons (Fsp3) is 0.444. The van der Waals surface area contributed by atoms with Crippen molar-refractivity contribution in [3.63, 3.8) is 0 Å². The Balaban J connectivity index is 0.00000420. The lowest BCUT2D eigenvalue weighted by molar-refractivity contribution is -0.384. The van der Waals surface area contributed by atoms with Crippen molar-refractivity contribution in [1.29, 1.82) is 0 Å². The zero-order chi connectivity index (χ0) is 20.4. The van der Waals surface area contributed by atoms with Crippen LogP contribution in [0.3, 0.4) is 0 Å². The van der Waals surface area contributed by atoms with Crippen LogP contribution in [0.5, 0.6) is 5.75 Å². The van der Waals surface area contributed by atoms with Crippen molar-refractivity contribution in [1.82, 2.24) is 15.6 Å². The van der Waals surface area contributed by atoms with Crippen LogP contribution in [-0.4, -0.2) is 53.3 Å². The second kappa shape index (κ2) is 13.3. The van der Waals surface area contributed by atoms with E-state index in [1.807, 2.05) is 19.2 Å². The number of aliphatic hydroxyl groups excluding tert-OH is 1. The first-order valence-electron chi connectivity index (χ1n) is 8.96. The number of aromatic nitrogens is 1. The van der Waals surface area contributed by atoms with Gasteiger partial charge in [0.1, 0.15) is 18.5 Å². The summed E-state index contributed by atoms with van der Waals surface area (Å²) in [5, 5.41) is 30.1. The zero-order valence-electron chi connectivity index (χ0n) is 16.3. The third kappa shape index (κ3) is 9.37. The molecule has 11 heteroatoms. The van der Waals surface area contributed by atoms with E-state index < -0.39 is 11.0 Å². The van der Waals surface area contributed by atoms with E-state index in [4.69, 9.17) is 4.74 Å². The van der Waals surface area contributed by atoms with Gasteiger partial charge in [-0.05, 0) is 26.0 Å². The van der Waals surface area contributed by atoms with Gasteiger partial charge >= 0.3 is 0 Å². The molecule has 0 saturated heterocycles. The highest BCUT2D eigenvalue weighted by Gasteiger charge is 2.08. The van der Waals surface area contributed by atoms with E-state index in [2.05, 4.69) is 20.6 Å². The number of guanidine groups is 1. The van der Waals surface area contributed by atoms with Crippen LogP contribution in [0.15, 0.2) is 34.6 Å². The largest absolute Gasteiger partial charge is 0.491 e. The first-order chi connectivity index (χ1) is 13.5. The molecule has 0 amide bonds. The number of nitrogens with one attached hydrogen (secondary N) is 2. The number of ether oxygens (including phenoxy) is 1. The second-order valence-corrected chi connectivity index (χ2v) is 7.03. The van der Waals surface area contributed by atoms with Crippen molar-refractivity contribution in [2.45, 2.75) is 26.4 Å². The lowest BCUT2D eigenvalue weighted by atomic mass is 10.3. The molecule has 0 spiro atoms. The van der Waals surface area contributed by atoms with E-state index in [1.165, 1.54) is 24.3 Å². The molecule has 0 aliphatic heterocycles. The van der Waals surface area contributed by atoms with Gasteiger partial charge in [0, 0.05) is 37.0 Å². The molecule has 160 valence electrons. The van der Waals surface area contributed by atoms with Crippen LogP contribution in [0.4, 0.5) is 5.69 Å². The number of nitrogens with zero attached hydrogens (tertiary/aromatic N) is 3. The third-order valence-electron chi connectivity index (χ3n) is 3.63. The number of hydrogen-bond donors (Lipinski definition) is 3. The summed E-state index contributed by atoms with van der Waals surface area (Å²) in [4.78, 5) is 18.9. The molecule has 1 aromatic heterocycles. The zero-order valence-corrected chi connectivity index (χ0v) is 19.5. The van der Waals surface area contributed by atoms with Gasteiger partial charge in [0.05, 0.1) is 22.2 Å². The molecule has 0 bridgehead atoms. The van der Waals surface area contributed by atoms with Gasteiger partial charge in [-0.15, -0.1) is 35.3 Å². The fourth-order valence-corrected chi connectivity index (χ4v) is 2.93. The standard InChI is InChI=1S/C18H25N5O4S.HI/c1-3-19-18(20-9-8-14-12-28-13(2)22-14)21-10-16(24)11-27-17-6-4-15(5-7-17)23(25)26;/h4-7,12,16,24H,3,8-11H2,1-2H3,(H2,19,20,21);1H. The number of rotatable bonds is 10. The Morgan fingerprint density at radius 1 is 1.38 bits per heavy atom. The van der Waals surface area contributed by atoms with Crippen LogP contribution in [0.2, 0.25) is 0 Å². The van der Waals surface area contributed by atoms with E-state index >= 15 is 0 Å². The van der Waals surface area contributed by atoms with Gasteiger partial charge in [0.2, 0.25) is 0 Å². The van der Waals surface area contributed by atoms with Gasteiger partial charge in [0.15, 0.2) is 5.96 Å². The molecule has 2 rings (SSSR count). The Labute approximate surface area is 190 Å². The van der Waals surface area contributed by atoms with Gasteiger partial charge < -0.3 is 20.5 Å². The van der Waals surface area contributed by atoms with Crippen molar-refractivity contribution in [3.05, 3.63) is 50.5 Å². The van der Waals surface area contributed by atoms with E-state index in [0.29, 0.717) is 24.8 Å². The lowest BCUT2D eigenvalue weighted by Gasteiger charge is -2.13. The van der Waals surface area contributed by atoms with Gasteiger partial charge in [-0.1, -0.05) is 0 Å². The molecule has 0 fully saturated rings. The predicted molar refractivity (Wildman–Crippen MR) is 125 cm³/mol. The van der Waals surface area contributed by atoms with Gasteiger partial charge in [-0.2, -0.15) is 0 Å². The molecular formula is C18H26IN5O4S. The lowest BCUT2D eigenvalue weighted by Crippen LogP contribution is -2.39. The summed E-state index contributed by atoms with van der Waals surface area (Å²) >= 11 is 1.63. The number of benzene rings is 1. The topological polar surface area (TPSA) is 122 Å². The summed E-state index contributed by atoms with van der Waals surface area (Å²) < 4.78 is 5.45. The minimum Gasteiger partial charge on any atom is -0.491 e. The minimum absolute atomic E-state index is 0. The Bertz CT molecular complexity index is 785. The third-order valence-corrected chi connectivity index (χ3v) is 4.46. The highest BCUT2D eigenvalue weighted by Crippen LogP contribution is 2.17. The fourth-order valence-electron chi connectivity index (χ4n) is 2.28. The Morgan fingerprint density at radius 3 is 2.69 bits per heavy atom. The molecule has 0 aliphatic rings. The Hall–Kier alpha value is -1.99. The Morgan fingerprint density at radius 2 is 2.10 bits per heavy atom. The van der Waals surface area contributed by atoms with Crippen LogP contribution >= 0.6 is 35.3 Å². The van der Waals surface area contributed by atoms with E-state index in [9.17, 15) is 15.2 Å². The molecule has 3 N–H and O–H groups in total. The first-order valence-corrected chi connectivity index (χ1v) is 9.84. The SMILES string of the molecule is CCNC(=NCC(O)COc1ccc([N+](=O)[O-])cc1)NCCc1csc(C)n1.I. The molecule has 1 heterocycles. The first kappa shape index (κ1) is 25.0. The molecule has 0 radical (unpaired) electrons. The van der Waals surface area contributed by atoms with Crippen LogP contribution in [-0.2, 0) is 6.42 Å². The molecule has 1 aromatic carbocycles. The van der Waals surface area contributed by atoms with Crippen molar-refractivity contribution in [2.24, 2.45) is 4.99 Å². The van der Waals surface area contributed by atoms with Crippen LogP contribution in [0, 0.1) is 17.0 Å². The summed E-state index contributed by atoms with van der Waals surface area (Å²) in [5.41, 5.74) is 1.04. The quantitative estimate of drug-likeness (QED) is 0.141. The number of halogens is 1. The van der Waals surface area contributed by atoms with Crippen LogP contribution in [0.25, 0.3) is 0 Å². The van der Waals surface area contributed by atoms with Crippen molar-refractivity contribution >= 4 is 47.0 Å². The maximum Gasteiger partial charge on any atom is 0.269 e. The van der Waals surface area contributed by atoms with Gasteiger partial charge in [-0.3, -0.25) is 15.1 Å². The number of non-ortho nitro benzene ring substituents is 1. The number of nitro groups is 1. The summed E-state index contributed by atoms with van der Waals surface area (Å²) in [7, 11) is 0. The molecule has 2 aromatic rings. The minimum atomic E-state index is -0.799. The average Bonchev–Trinajstić information content (AvgIpc) is 3.09. The molecule has 29 heavy (non-hydrogen) atoms. The van der Waals surface area contributed by atoms with E-state index in [1.54, 1.807) is 11.3 Å². The highest BCUT2D eigenvalue weighted by molar-refractivity contribution is 14.0. The Kier molecular flexibility index (Phi) is 11.5. The highest BCUT2D eigenvalue weighted by atomic mass is 127. The maximum absolute atomic E-state index is 10.6. The normalized spacial score (nSPS) is 12.0. The predicted octanol–water partition coefficient (Wildman–Crippen LogP) is 2.52. The molecule has 1 unspecified atom stereocenters. The summed E-state index contributed by atoms with van der Waals surface area (Å²) in [6.45, 7) is 5.54. The van der Waals surface area contributed by atoms with Crippen molar-refractivity contribution < 1.29 is 14.8 Å². The van der Waals surface area contributed by atoms with Crippen molar-refractivity contribution in [2.75, 3.05) is 26.2 Å². The number of aryl methyl sites for hydroxylation is 1. The molecule has 1 atom stereocenters. The second-order valence-electron chi connectivity index (χ2n) is 5.97. The van der Waals surface area contributed by atoms with Crippen LogP contribution in [0.1, 0.15) is 17.6 Å². The summed E-state index contributed by atoms with van der Waals surface area (Å²) in [5.74, 6) is 1.07. The molecule has 9 nitrogen and oxygen atoms in total. The van der Waals surface area contributed by atoms with Crippen LogP contribution < -0.4 is 15.4 Å². The molecular weight excluding hydrogens is 509 g/mol. The van der Waals surface area contributed by atoms with Gasteiger partial charge in [0.25, 0.3) is 5.69 Å². The smallest absolute Gasteiger partial charge is 0.269 e. The maximum atomic E-state index is 10.6. The van der Waals surface area contributed by atoms with E-state index in [0.717, 1.165) is 17.1 Å². The number of thiazole rings is 1. The van der Waals surface area contributed by atoms with E-state index in [-0.39, 0.29) is 42.8 Å². The monoisotopic (exact) mass is 535 g/mol. The number of aliphatic hydroxyl groups is 1. The van der Waals surface area contributed by atoms with Crippen molar-refractivity contribution in [3.8, 4) is 5.75 Å². The summed E-state index contributed by atoms with van der Waals surface area (Å²) in [6, 6.07) is 5.72. The number of hydrogen-bond acceptors (Lipinski definition) is 7. The molecule has 0 saturated carbocycles. The molecule has 0 aliphatic carbocycles. The number of nitro benzene ring substituents is 1. The average molecular weight is 535 g/mol. The summed E-state index contributed by atoms with van der Waals surface area (Å²) in [6.07, 6.45) is -0.00700. The van der Waals surface area contributed by atoms with Gasteiger partial charge in [-0.25, -0.2) is 4.98 Å². The number of aliphatic imine (C=N–C) groups is 1.